The minimum absolute atomic E-state index is 0.0337. The lowest BCUT2D eigenvalue weighted by Gasteiger charge is -2.14. The smallest absolute Gasteiger partial charge is 0.360 e. The minimum Gasteiger partial charge on any atom is -0.461 e. The molecule has 2 N–H and O–H groups in total. The van der Waals surface area contributed by atoms with Crippen LogP contribution in [0.15, 0.2) is 11.7 Å². The van der Waals surface area contributed by atoms with Crippen LogP contribution < -0.4 is 5.73 Å². The number of nitrogen functional groups attached to an aromatic ring is 1. The molecule has 0 amide bonds. The van der Waals surface area contributed by atoms with Crippen molar-refractivity contribution in [3.63, 3.8) is 0 Å². The SMILES string of the molecule is CCOC(=O)c1ncn(-c2nc(C(C)(C)C)cs2)c1N. The number of imidazole rings is 1. The predicted octanol–water partition coefficient (Wildman–Crippen LogP) is 2.39. The Hall–Kier alpha value is -1.89. The van der Waals surface area contributed by atoms with Crippen LogP contribution in [0.2, 0.25) is 0 Å². The summed E-state index contributed by atoms with van der Waals surface area (Å²) in [6.07, 6.45) is 1.49. The van der Waals surface area contributed by atoms with Gasteiger partial charge in [-0.1, -0.05) is 20.8 Å². The Kier molecular flexibility index (Phi) is 3.80. The number of anilines is 1. The van der Waals surface area contributed by atoms with Gasteiger partial charge in [0, 0.05) is 10.8 Å². The summed E-state index contributed by atoms with van der Waals surface area (Å²) in [5.74, 6) is -0.269. The maximum absolute atomic E-state index is 11.7. The highest BCUT2D eigenvalue weighted by molar-refractivity contribution is 7.12. The topological polar surface area (TPSA) is 83.0 Å². The Labute approximate surface area is 121 Å². The molecule has 0 fully saturated rings. The van der Waals surface area contributed by atoms with Gasteiger partial charge in [-0.05, 0) is 6.92 Å². The quantitative estimate of drug-likeness (QED) is 0.879. The van der Waals surface area contributed by atoms with Gasteiger partial charge in [-0.3, -0.25) is 4.57 Å². The number of hydrogen-bond donors (Lipinski definition) is 1. The summed E-state index contributed by atoms with van der Waals surface area (Å²) in [6.45, 7) is 8.30. The summed E-state index contributed by atoms with van der Waals surface area (Å²) in [6, 6.07) is 0. The molecule has 0 spiro atoms. The van der Waals surface area contributed by atoms with Crippen molar-refractivity contribution < 1.29 is 9.53 Å². The van der Waals surface area contributed by atoms with Gasteiger partial charge < -0.3 is 10.5 Å². The van der Waals surface area contributed by atoms with E-state index >= 15 is 0 Å². The number of thiazole rings is 1. The normalized spacial score (nSPS) is 11.6. The Morgan fingerprint density at radius 1 is 1.50 bits per heavy atom. The Morgan fingerprint density at radius 3 is 2.75 bits per heavy atom. The maximum atomic E-state index is 11.7. The van der Waals surface area contributed by atoms with Crippen molar-refractivity contribution in [1.29, 1.82) is 0 Å². The summed E-state index contributed by atoms with van der Waals surface area (Å²) >= 11 is 1.46. The molecule has 0 saturated carbocycles. The average Bonchev–Trinajstić information content (AvgIpc) is 2.94. The molecule has 2 heterocycles. The number of aromatic nitrogens is 3. The van der Waals surface area contributed by atoms with Crippen LogP contribution in [0.25, 0.3) is 5.13 Å². The van der Waals surface area contributed by atoms with E-state index in [1.165, 1.54) is 17.7 Å². The molecule has 0 radical (unpaired) electrons. The molecule has 0 unspecified atom stereocenters. The van der Waals surface area contributed by atoms with Gasteiger partial charge in [0.05, 0.1) is 12.3 Å². The summed E-state index contributed by atoms with van der Waals surface area (Å²) in [5.41, 5.74) is 7.02. The lowest BCUT2D eigenvalue weighted by Crippen LogP contribution is -2.12. The van der Waals surface area contributed by atoms with E-state index in [-0.39, 0.29) is 23.5 Å². The van der Waals surface area contributed by atoms with E-state index < -0.39 is 5.97 Å². The molecule has 20 heavy (non-hydrogen) atoms. The molecule has 2 aromatic rings. The van der Waals surface area contributed by atoms with Gasteiger partial charge >= 0.3 is 5.97 Å². The standard InChI is InChI=1S/C13H18N4O2S/c1-5-19-11(18)9-10(14)17(7-15-9)12-16-8(6-20-12)13(2,3)4/h6-7H,5,14H2,1-4H3. The first-order valence-corrected chi connectivity index (χ1v) is 7.19. The first-order chi connectivity index (χ1) is 9.34. The molecule has 6 nitrogen and oxygen atoms in total. The van der Waals surface area contributed by atoms with Gasteiger partial charge in [-0.25, -0.2) is 14.8 Å². The second kappa shape index (κ2) is 5.24. The third kappa shape index (κ3) is 2.67. The van der Waals surface area contributed by atoms with Crippen LogP contribution >= 0.6 is 11.3 Å². The number of nitrogens with zero attached hydrogens (tertiary/aromatic N) is 3. The van der Waals surface area contributed by atoms with Gasteiger partial charge in [0.2, 0.25) is 0 Å². The largest absolute Gasteiger partial charge is 0.461 e. The van der Waals surface area contributed by atoms with Crippen LogP contribution in [-0.4, -0.2) is 27.1 Å². The Bertz CT molecular complexity index is 625. The zero-order valence-electron chi connectivity index (χ0n) is 12.0. The summed E-state index contributed by atoms with van der Waals surface area (Å²) in [7, 11) is 0. The monoisotopic (exact) mass is 294 g/mol. The lowest BCUT2D eigenvalue weighted by molar-refractivity contribution is 0.0521. The molecular formula is C13H18N4O2S. The first kappa shape index (κ1) is 14.5. The molecule has 2 aromatic heterocycles. The second-order valence-electron chi connectivity index (χ2n) is 5.33. The van der Waals surface area contributed by atoms with Crippen molar-refractivity contribution in [2.75, 3.05) is 12.3 Å². The summed E-state index contributed by atoms with van der Waals surface area (Å²) in [5, 5.41) is 2.68. The van der Waals surface area contributed by atoms with Crippen LogP contribution in [0, 0.1) is 0 Å². The van der Waals surface area contributed by atoms with Gasteiger partial charge in [0.1, 0.15) is 12.1 Å². The molecule has 0 bridgehead atoms. The van der Waals surface area contributed by atoms with Crippen LogP contribution in [0.1, 0.15) is 43.9 Å². The molecule has 2 rings (SSSR count). The van der Waals surface area contributed by atoms with E-state index in [0.717, 1.165) is 5.69 Å². The lowest BCUT2D eigenvalue weighted by atomic mass is 9.93. The average molecular weight is 294 g/mol. The van der Waals surface area contributed by atoms with Crippen LogP contribution in [0.4, 0.5) is 5.82 Å². The van der Waals surface area contributed by atoms with Crippen molar-refractivity contribution >= 4 is 23.1 Å². The molecule has 0 aliphatic heterocycles. The fourth-order valence-corrected chi connectivity index (χ4v) is 2.62. The highest BCUT2D eigenvalue weighted by Gasteiger charge is 2.21. The van der Waals surface area contributed by atoms with E-state index in [0.29, 0.717) is 5.13 Å². The van der Waals surface area contributed by atoms with Gasteiger partial charge in [0.25, 0.3) is 0 Å². The van der Waals surface area contributed by atoms with Crippen molar-refractivity contribution in [3.05, 3.63) is 23.1 Å². The molecule has 0 aliphatic carbocycles. The molecule has 0 aromatic carbocycles. The van der Waals surface area contributed by atoms with Crippen LogP contribution in [-0.2, 0) is 10.2 Å². The van der Waals surface area contributed by atoms with Crippen LogP contribution in [0.5, 0.6) is 0 Å². The van der Waals surface area contributed by atoms with Crippen LogP contribution in [0.3, 0.4) is 0 Å². The molecule has 0 atom stereocenters. The van der Waals surface area contributed by atoms with Crippen molar-refractivity contribution in [1.82, 2.24) is 14.5 Å². The van der Waals surface area contributed by atoms with E-state index in [4.69, 9.17) is 10.5 Å². The van der Waals surface area contributed by atoms with Gasteiger partial charge in [-0.15, -0.1) is 11.3 Å². The zero-order valence-corrected chi connectivity index (χ0v) is 12.8. The number of carbonyl (C=O) groups is 1. The Balaban J connectivity index is 2.35. The fourth-order valence-electron chi connectivity index (χ4n) is 1.59. The highest BCUT2D eigenvalue weighted by Crippen LogP contribution is 2.27. The molecular weight excluding hydrogens is 276 g/mol. The van der Waals surface area contributed by atoms with E-state index in [9.17, 15) is 4.79 Å². The number of carbonyl (C=O) groups excluding carboxylic acids is 1. The molecule has 0 saturated heterocycles. The minimum atomic E-state index is -0.517. The maximum Gasteiger partial charge on any atom is 0.360 e. The number of hydrogen-bond acceptors (Lipinski definition) is 6. The Morgan fingerprint density at radius 2 is 2.20 bits per heavy atom. The number of esters is 1. The second-order valence-corrected chi connectivity index (χ2v) is 6.17. The first-order valence-electron chi connectivity index (χ1n) is 6.31. The number of rotatable bonds is 3. The van der Waals surface area contributed by atoms with E-state index in [1.54, 1.807) is 11.5 Å². The van der Waals surface area contributed by atoms with Gasteiger partial charge in [-0.2, -0.15) is 0 Å². The predicted molar refractivity (Wildman–Crippen MR) is 78.3 cm³/mol. The van der Waals surface area contributed by atoms with E-state index in [1.807, 2.05) is 5.38 Å². The molecule has 7 heteroatoms. The van der Waals surface area contributed by atoms with E-state index in [2.05, 4.69) is 30.7 Å². The summed E-state index contributed by atoms with van der Waals surface area (Å²) < 4.78 is 6.51. The van der Waals surface area contributed by atoms with Crippen molar-refractivity contribution in [2.24, 2.45) is 0 Å². The van der Waals surface area contributed by atoms with Gasteiger partial charge in [0.15, 0.2) is 10.8 Å². The number of nitrogens with two attached hydrogens (primary N) is 1. The zero-order chi connectivity index (χ0) is 14.9. The highest BCUT2D eigenvalue weighted by atomic mass is 32.1. The summed E-state index contributed by atoms with van der Waals surface area (Å²) in [4.78, 5) is 20.2. The third-order valence-corrected chi connectivity index (χ3v) is 3.58. The number of ether oxygens (including phenoxy) is 1. The molecule has 108 valence electrons. The van der Waals surface area contributed by atoms with Crippen molar-refractivity contribution in [2.45, 2.75) is 33.1 Å². The van der Waals surface area contributed by atoms with Crippen molar-refractivity contribution in [3.8, 4) is 5.13 Å². The molecule has 0 aliphatic rings. The fraction of sp³-hybridized carbons (Fsp3) is 0.462. The third-order valence-electron chi connectivity index (χ3n) is 2.74.